The Morgan fingerprint density at radius 3 is 1.73 bits per heavy atom. The van der Waals surface area contributed by atoms with Crippen molar-refractivity contribution >= 4 is 75.9 Å². The van der Waals surface area contributed by atoms with E-state index in [1.54, 1.807) is 0 Å². The summed E-state index contributed by atoms with van der Waals surface area (Å²) in [5, 5.41) is 13.2. The first kappa shape index (κ1) is 24.5. The highest BCUT2D eigenvalue weighted by Crippen LogP contribution is 2.44. The molecule has 8 aromatic carbocycles. The Hall–Kier alpha value is -5.99. The zero-order valence-corrected chi connectivity index (χ0v) is 24.3. The van der Waals surface area contributed by atoms with Gasteiger partial charge in [0.05, 0.1) is 11.2 Å². The van der Waals surface area contributed by atoms with E-state index in [-0.39, 0.29) is 0 Å². The lowest BCUT2D eigenvalue weighted by molar-refractivity contribution is 0.673. The van der Waals surface area contributed by atoms with Gasteiger partial charge in [-0.15, -0.1) is 0 Å². The summed E-state index contributed by atoms with van der Waals surface area (Å²) < 4.78 is 6.81. The van der Waals surface area contributed by atoms with Gasteiger partial charge in [-0.05, 0) is 67.7 Å². The van der Waals surface area contributed by atoms with Crippen LogP contribution in [-0.4, -0.2) is 4.98 Å². The fraction of sp³-hybridized carbons (Fsp3) is 0. The minimum Gasteiger partial charge on any atom is -0.455 e. The molecule has 0 fully saturated rings. The molecule has 10 rings (SSSR count). The van der Waals surface area contributed by atoms with E-state index >= 15 is 0 Å². The molecule has 0 saturated heterocycles. The smallest absolute Gasteiger partial charge is 0.144 e. The molecule has 2 heteroatoms. The first-order valence-corrected chi connectivity index (χ1v) is 15.4. The summed E-state index contributed by atoms with van der Waals surface area (Å²) in [5.41, 5.74) is 7.18. The Morgan fingerprint density at radius 2 is 0.978 bits per heavy atom. The van der Waals surface area contributed by atoms with Crippen LogP contribution in [0.25, 0.3) is 98.3 Å². The van der Waals surface area contributed by atoms with Crippen molar-refractivity contribution in [3.8, 4) is 22.4 Å². The SMILES string of the molecule is c1ccc(-c2nc3ccccc3c3c2ccc2c3oc3cccc(-c4ccc5c6ccccc6c6ccccc6c5c4)c32)cc1. The third-order valence-corrected chi connectivity index (χ3v) is 9.43. The van der Waals surface area contributed by atoms with Crippen molar-refractivity contribution in [2.75, 3.05) is 0 Å². The monoisotopic (exact) mass is 571 g/mol. The van der Waals surface area contributed by atoms with Crippen molar-refractivity contribution in [1.82, 2.24) is 4.98 Å². The minimum absolute atomic E-state index is 0.889. The summed E-state index contributed by atoms with van der Waals surface area (Å²) in [7, 11) is 0. The van der Waals surface area contributed by atoms with Crippen LogP contribution in [0, 0.1) is 0 Å². The van der Waals surface area contributed by atoms with Crippen molar-refractivity contribution < 1.29 is 4.42 Å². The van der Waals surface area contributed by atoms with Crippen LogP contribution in [0.15, 0.2) is 156 Å². The van der Waals surface area contributed by atoms with Gasteiger partial charge in [-0.1, -0.05) is 127 Å². The zero-order valence-electron chi connectivity index (χ0n) is 24.3. The Morgan fingerprint density at radius 1 is 0.378 bits per heavy atom. The normalized spacial score (nSPS) is 12.0. The van der Waals surface area contributed by atoms with Gasteiger partial charge in [-0.25, -0.2) is 4.98 Å². The first-order chi connectivity index (χ1) is 22.3. The Labute approximate surface area is 258 Å². The van der Waals surface area contributed by atoms with Crippen molar-refractivity contribution in [3.63, 3.8) is 0 Å². The topological polar surface area (TPSA) is 26.0 Å². The molecule has 45 heavy (non-hydrogen) atoms. The number of fused-ring (bicyclic) bond motifs is 13. The van der Waals surface area contributed by atoms with E-state index in [2.05, 4.69) is 146 Å². The third kappa shape index (κ3) is 3.48. The summed E-state index contributed by atoms with van der Waals surface area (Å²) in [5.74, 6) is 0. The molecule has 2 aromatic heterocycles. The van der Waals surface area contributed by atoms with Crippen LogP contribution in [0.3, 0.4) is 0 Å². The molecular weight excluding hydrogens is 546 g/mol. The second-order valence-electron chi connectivity index (χ2n) is 11.8. The van der Waals surface area contributed by atoms with Crippen LogP contribution in [0.5, 0.6) is 0 Å². The minimum atomic E-state index is 0.889. The summed E-state index contributed by atoms with van der Waals surface area (Å²) in [6.07, 6.45) is 0. The average Bonchev–Trinajstić information content (AvgIpc) is 3.51. The molecule has 0 bridgehead atoms. The Kier molecular flexibility index (Phi) is 5.03. The van der Waals surface area contributed by atoms with Gasteiger partial charge in [-0.2, -0.15) is 0 Å². The maximum Gasteiger partial charge on any atom is 0.144 e. The molecule has 0 atom stereocenters. The molecule has 2 nitrogen and oxygen atoms in total. The summed E-state index contributed by atoms with van der Waals surface area (Å²) in [6, 6.07) is 54.1. The molecule has 10 aromatic rings. The van der Waals surface area contributed by atoms with E-state index in [1.807, 2.05) is 6.07 Å². The first-order valence-electron chi connectivity index (χ1n) is 15.4. The van der Waals surface area contributed by atoms with Gasteiger partial charge in [0.25, 0.3) is 0 Å². The molecule has 0 spiro atoms. The molecule has 2 heterocycles. The highest BCUT2D eigenvalue weighted by Gasteiger charge is 2.19. The Balaban J connectivity index is 1.30. The van der Waals surface area contributed by atoms with Crippen LogP contribution in [0.4, 0.5) is 0 Å². The fourth-order valence-corrected chi connectivity index (χ4v) is 7.45. The van der Waals surface area contributed by atoms with Gasteiger partial charge in [0.1, 0.15) is 11.2 Å². The quantitative estimate of drug-likeness (QED) is 0.193. The number of para-hydroxylation sites is 1. The molecule has 0 radical (unpaired) electrons. The second-order valence-corrected chi connectivity index (χ2v) is 11.8. The van der Waals surface area contributed by atoms with E-state index in [9.17, 15) is 0 Å². The predicted molar refractivity (Wildman–Crippen MR) is 190 cm³/mol. The summed E-state index contributed by atoms with van der Waals surface area (Å²) in [6.45, 7) is 0. The fourth-order valence-electron chi connectivity index (χ4n) is 7.45. The maximum absolute atomic E-state index is 6.81. The number of pyridine rings is 1. The van der Waals surface area contributed by atoms with Crippen LogP contribution in [-0.2, 0) is 0 Å². The average molecular weight is 572 g/mol. The van der Waals surface area contributed by atoms with Crippen LogP contribution < -0.4 is 0 Å². The van der Waals surface area contributed by atoms with Gasteiger partial charge in [0.2, 0.25) is 0 Å². The van der Waals surface area contributed by atoms with Crippen LogP contribution >= 0.6 is 0 Å². The highest BCUT2D eigenvalue weighted by molar-refractivity contribution is 6.28. The van der Waals surface area contributed by atoms with Crippen molar-refractivity contribution in [2.45, 2.75) is 0 Å². The molecule has 0 aliphatic carbocycles. The highest BCUT2D eigenvalue weighted by atomic mass is 16.3. The molecule has 208 valence electrons. The standard InChI is InChI=1S/C43H25NO/c1-2-11-26(12-3-1)42-35-23-24-36-40-28(18-10-20-39(40)45-43(36)41(35)34-17-8-9-19-38(34)44-42)27-21-22-33-31-15-5-4-13-29(31)30-14-6-7-16-32(30)37(33)25-27/h1-25H. The Bertz CT molecular complexity index is 2770. The molecule has 0 saturated carbocycles. The van der Waals surface area contributed by atoms with E-state index in [0.29, 0.717) is 0 Å². The molecule has 0 aliphatic heterocycles. The lowest BCUT2D eigenvalue weighted by atomic mass is 9.91. The van der Waals surface area contributed by atoms with Gasteiger partial charge < -0.3 is 4.42 Å². The molecule has 0 amide bonds. The van der Waals surface area contributed by atoms with E-state index in [0.717, 1.165) is 54.9 Å². The molecule has 0 N–H and O–H groups in total. The number of aromatic nitrogens is 1. The van der Waals surface area contributed by atoms with E-state index in [4.69, 9.17) is 9.40 Å². The number of hydrogen-bond donors (Lipinski definition) is 0. The predicted octanol–water partition coefficient (Wildman–Crippen LogP) is 12.1. The second kappa shape index (κ2) is 9.25. The number of furan rings is 1. The zero-order chi connectivity index (χ0) is 29.5. The van der Waals surface area contributed by atoms with Crippen LogP contribution in [0.1, 0.15) is 0 Å². The van der Waals surface area contributed by atoms with Gasteiger partial charge in [0.15, 0.2) is 0 Å². The summed E-state index contributed by atoms with van der Waals surface area (Å²) >= 11 is 0. The van der Waals surface area contributed by atoms with Crippen molar-refractivity contribution in [3.05, 3.63) is 152 Å². The number of benzene rings is 8. The molecule has 0 aliphatic rings. The molecular formula is C43H25NO. The lowest BCUT2D eigenvalue weighted by Gasteiger charge is -2.12. The van der Waals surface area contributed by atoms with Crippen molar-refractivity contribution in [2.24, 2.45) is 0 Å². The number of hydrogen-bond acceptors (Lipinski definition) is 2. The van der Waals surface area contributed by atoms with Gasteiger partial charge in [0, 0.05) is 32.5 Å². The van der Waals surface area contributed by atoms with Gasteiger partial charge >= 0.3 is 0 Å². The maximum atomic E-state index is 6.81. The van der Waals surface area contributed by atoms with Crippen LogP contribution in [0.2, 0.25) is 0 Å². The van der Waals surface area contributed by atoms with Gasteiger partial charge in [-0.3, -0.25) is 0 Å². The van der Waals surface area contributed by atoms with Crippen molar-refractivity contribution in [1.29, 1.82) is 0 Å². The third-order valence-electron chi connectivity index (χ3n) is 9.43. The molecule has 0 unspecified atom stereocenters. The largest absolute Gasteiger partial charge is 0.455 e. The number of nitrogens with zero attached hydrogens (tertiary/aromatic N) is 1. The van der Waals surface area contributed by atoms with E-state index < -0.39 is 0 Å². The summed E-state index contributed by atoms with van der Waals surface area (Å²) in [4.78, 5) is 5.13. The number of rotatable bonds is 2. The van der Waals surface area contributed by atoms with E-state index in [1.165, 1.54) is 43.4 Å². The lowest BCUT2D eigenvalue weighted by Crippen LogP contribution is -1.90.